The zero-order valence-electron chi connectivity index (χ0n) is 8.92. The molecule has 1 heterocycles. The lowest BCUT2D eigenvalue weighted by atomic mass is 10.0. The molecule has 2 rings (SSSR count). The van der Waals surface area contributed by atoms with Gasteiger partial charge in [0.1, 0.15) is 5.76 Å². The maximum atomic E-state index is 5.68. The lowest BCUT2D eigenvalue weighted by Gasteiger charge is -2.04. The molecule has 1 aliphatic rings. The first-order valence-electron chi connectivity index (χ1n) is 5.46. The van der Waals surface area contributed by atoms with Gasteiger partial charge >= 0.3 is 0 Å². The Kier molecular flexibility index (Phi) is 2.87. The maximum Gasteiger partial charge on any atom is 0.208 e. The van der Waals surface area contributed by atoms with Crippen LogP contribution < -0.4 is 5.32 Å². The molecular weight excluding hydrogens is 176 g/mol. The molecule has 1 aliphatic carbocycles. The molecule has 0 saturated heterocycles. The lowest BCUT2D eigenvalue weighted by molar-refractivity contribution is 0.406. The molecule has 3 nitrogen and oxygen atoms in total. The molecule has 0 bridgehead atoms. The number of hydrogen-bond donors (Lipinski definition) is 1. The van der Waals surface area contributed by atoms with Crippen molar-refractivity contribution in [2.24, 2.45) is 5.92 Å². The minimum absolute atomic E-state index is 0.554. The maximum absolute atomic E-state index is 5.68. The largest absolute Gasteiger partial charge is 0.444 e. The fraction of sp³-hybridized carbons (Fsp3) is 0.727. The first kappa shape index (κ1) is 9.71. The zero-order valence-corrected chi connectivity index (χ0v) is 8.92. The van der Waals surface area contributed by atoms with Crippen molar-refractivity contribution in [3.63, 3.8) is 0 Å². The Hall–Kier alpha value is -0.830. The fourth-order valence-corrected chi connectivity index (χ4v) is 1.68. The van der Waals surface area contributed by atoms with Gasteiger partial charge in [0, 0.05) is 5.92 Å². The highest BCUT2D eigenvalue weighted by Gasteiger charge is 2.31. The Morgan fingerprint density at radius 1 is 1.64 bits per heavy atom. The number of rotatable bonds is 5. The summed E-state index contributed by atoms with van der Waals surface area (Å²) in [6.07, 6.45) is 4.59. The van der Waals surface area contributed by atoms with Crippen molar-refractivity contribution in [3.05, 3.63) is 17.8 Å². The van der Waals surface area contributed by atoms with Crippen molar-refractivity contribution < 1.29 is 4.42 Å². The van der Waals surface area contributed by atoms with Gasteiger partial charge < -0.3 is 9.73 Å². The standard InChI is InChI=1S/C11H18N2O/c1-3-12-7-11-13-6-10(14-11)8(2)9-4-5-9/h6,8-9,12H,3-5,7H2,1-2H3. The molecular formula is C11H18N2O. The number of hydrogen-bond acceptors (Lipinski definition) is 3. The smallest absolute Gasteiger partial charge is 0.208 e. The van der Waals surface area contributed by atoms with Gasteiger partial charge in [-0.1, -0.05) is 13.8 Å². The van der Waals surface area contributed by atoms with Crippen LogP contribution >= 0.6 is 0 Å². The molecule has 1 aromatic rings. The average Bonchev–Trinajstić information content (AvgIpc) is 2.94. The van der Waals surface area contributed by atoms with E-state index in [1.54, 1.807) is 0 Å². The van der Waals surface area contributed by atoms with Crippen molar-refractivity contribution in [2.45, 2.75) is 39.2 Å². The van der Waals surface area contributed by atoms with Gasteiger partial charge in [0.2, 0.25) is 5.89 Å². The lowest BCUT2D eigenvalue weighted by Crippen LogP contribution is -2.11. The Morgan fingerprint density at radius 2 is 2.43 bits per heavy atom. The molecule has 1 saturated carbocycles. The van der Waals surface area contributed by atoms with Crippen LogP contribution in [0.4, 0.5) is 0 Å². The summed E-state index contributed by atoms with van der Waals surface area (Å²) in [5, 5.41) is 3.21. The number of oxazole rings is 1. The number of aromatic nitrogens is 1. The van der Waals surface area contributed by atoms with Crippen molar-refractivity contribution in [3.8, 4) is 0 Å². The third-order valence-corrected chi connectivity index (χ3v) is 2.88. The topological polar surface area (TPSA) is 38.1 Å². The first-order chi connectivity index (χ1) is 6.81. The zero-order chi connectivity index (χ0) is 9.97. The van der Waals surface area contributed by atoms with Crippen molar-refractivity contribution in [1.82, 2.24) is 10.3 Å². The molecule has 78 valence electrons. The monoisotopic (exact) mass is 194 g/mol. The van der Waals surface area contributed by atoms with Gasteiger partial charge in [0.25, 0.3) is 0 Å². The van der Waals surface area contributed by atoms with Crippen LogP contribution in [0.25, 0.3) is 0 Å². The molecule has 0 spiro atoms. The van der Waals surface area contributed by atoms with Crippen LogP contribution in [0.2, 0.25) is 0 Å². The van der Waals surface area contributed by atoms with Crippen LogP contribution in [0.5, 0.6) is 0 Å². The van der Waals surface area contributed by atoms with E-state index in [0.29, 0.717) is 5.92 Å². The quantitative estimate of drug-likeness (QED) is 0.781. The first-order valence-corrected chi connectivity index (χ1v) is 5.46. The van der Waals surface area contributed by atoms with E-state index in [2.05, 4.69) is 24.1 Å². The predicted molar refractivity (Wildman–Crippen MR) is 55.0 cm³/mol. The highest BCUT2D eigenvalue weighted by molar-refractivity contribution is 5.05. The van der Waals surface area contributed by atoms with Crippen LogP contribution in [0, 0.1) is 5.92 Å². The summed E-state index contributed by atoms with van der Waals surface area (Å²) in [6, 6.07) is 0. The Bertz CT molecular complexity index is 291. The van der Waals surface area contributed by atoms with Gasteiger partial charge in [-0.25, -0.2) is 4.98 Å². The van der Waals surface area contributed by atoms with Crippen LogP contribution in [0.15, 0.2) is 10.6 Å². The van der Waals surface area contributed by atoms with E-state index in [0.717, 1.165) is 30.7 Å². The van der Waals surface area contributed by atoms with Gasteiger partial charge in [0.05, 0.1) is 12.7 Å². The minimum atomic E-state index is 0.554. The summed E-state index contributed by atoms with van der Waals surface area (Å²) in [5.41, 5.74) is 0. The van der Waals surface area contributed by atoms with Crippen LogP contribution in [0.1, 0.15) is 44.3 Å². The molecule has 1 atom stereocenters. The van der Waals surface area contributed by atoms with Gasteiger partial charge in [-0.3, -0.25) is 0 Å². The van der Waals surface area contributed by atoms with E-state index >= 15 is 0 Å². The van der Waals surface area contributed by atoms with Gasteiger partial charge in [-0.15, -0.1) is 0 Å². The average molecular weight is 194 g/mol. The molecule has 3 heteroatoms. The SMILES string of the molecule is CCNCc1ncc(C(C)C2CC2)o1. The van der Waals surface area contributed by atoms with Crippen LogP contribution in [-0.4, -0.2) is 11.5 Å². The normalized spacial score (nSPS) is 18.4. The summed E-state index contributed by atoms with van der Waals surface area (Å²) in [6.45, 7) is 6.01. The summed E-state index contributed by atoms with van der Waals surface area (Å²) < 4.78 is 5.68. The molecule has 1 unspecified atom stereocenters. The molecule has 0 amide bonds. The molecule has 1 aromatic heterocycles. The Morgan fingerprint density at radius 3 is 3.07 bits per heavy atom. The minimum Gasteiger partial charge on any atom is -0.444 e. The summed E-state index contributed by atoms with van der Waals surface area (Å²) in [5.74, 6) is 3.27. The Balaban J connectivity index is 1.94. The van der Waals surface area contributed by atoms with E-state index in [1.807, 2.05) is 6.20 Å². The second-order valence-corrected chi connectivity index (χ2v) is 4.06. The van der Waals surface area contributed by atoms with Crippen LogP contribution in [-0.2, 0) is 6.54 Å². The third-order valence-electron chi connectivity index (χ3n) is 2.88. The second-order valence-electron chi connectivity index (χ2n) is 4.06. The van der Waals surface area contributed by atoms with E-state index in [-0.39, 0.29) is 0 Å². The summed E-state index contributed by atoms with van der Waals surface area (Å²) in [4.78, 5) is 4.26. The highest BCUT2D eigenvalue weighted by Crippen LogP contribution is 2.42. The fourth-order valence-electron chi connectivity index (χ4n) is 1.68. The second kappa shape index (κ2) is 4.13. The third kappa shape index (κ3) is 2.15. The van der Waals surface area contributed by atoms with Crippen molar-refractivity contribution in [2.75, 3.05) is 6.54 Å². The van der Waals surface area contributed by atoms with E-state index in [1.165, 1.54) is 12.8 Å². The molecule has 0 aromatic carbocycles. The molecule has 1 N–H and O–H groups in total. The van der Waals surface area contributed by atoms with Gasteiger partial charge in [-0.05, 0) is 25.3 Å². The van der Waals surface area contributed by atoms with Gasteiger partial charge in [0.15, 0.2) is 0 Å². The number of nitrogens with one attached hydrogen (secondary N) is 1. The van der Waals surface area contributed by atoms with Crippen molar-refractivity contribution >= 4 is 0 Å². The number of nitrogens with zero attached hydrogens (tertiary/aromatic N) is 1. The summed E-state index contributed by atoms with van der Waals surface area (Å²) >= 11 is 0. The van der Waals surface area contributed by atoms with Crippen LogP contribution in [0.3, 0.4) is 0 Å². The van der Waals surface area contributed by atoms with E-state index < -0.39 is 0 Å². The predicted octanol–water partition coefficient (Wildman–Crippen LogP) is 2.30. The van der Waals surface area contributed by atoms with E-state index in [4.69, 9.17) is 4.42 Å². The highest BCUT2D eigenvalue weighted by atomic mass is 16.4. The summed E-state index contributed by atoms with van der Waals surface area (Å²) in [7, 11) is 0. The molecule has 14 heavy (non-hydrogen) atoms. The molecule has 1 fully saturated rings. The molecule has 0 aliphatic heterocycles. The molecule has 0 radical (unpaired) electrons. The van der Waals surface area contributed by atoms with Gasteiger partial charge in [-0.2, -0.15) is 0 Å². The van der Waals surface area contributed by atoms with E-state index in [9.17, 15) is 0 Å². The van der Waals surface area contributed by atoms with Crippen molar-refractivity contribution in [1.29, 1.82) is 0 Å². The Labute approximate surface area is 84.9 Å².